The Morgan fingerprint density at radius 1 is 1.14 bits per heavy atom. The quantitative estimate of drug-likeness (QED) is 0.551. The Balaban J connectivity index is 2.03. The van der Waals surface area contributed by atoms with Gasteiger partial charge in [-0.25, -0.2) is 4.79 Å². The van der Waals surface area contributed by atoms with Gasteiger partial charge in [-0.2, -0.15) is 0 Å². The van der Waals surface area contributed by atoms with Crippen LogP contribution in [0.2, 0.25) is 5.02 Å². The zero-order chi connectivity index (χ0) is 21.3. The monoisotopic (exact) mass is 450 g/mol. The van der Waals surface area contributed by atoms with E-state index >= 15 is 0 Å². The van der Waals surface area contributed by atoms with Crippen molar-refractivity contribution in [1.82, 2.24) is 4.90 Å². The number of thiophene rings is 2. The molecule has 0 aliphatic carbocycles. The Labute approximate surface area is 181 Å². The third-order valence-electron chi connectivity index (χ3n) is 4.19. The topological polar surface area (TPSA) is 75.7 Å². The lowest BCUT2D eigenvalue weighted by Gasteiger charge is -2.09. The van der Waals surface area contributed by atoms with Gasteiger partial charge in [0.05, 0.1) is 22.1 Å². The maximum Gasteiger partial charge on any atom is 0.341 e. The van der Waals surface area contributed by atoms with Crippen LogP contribution in [0.15, 0.2) is 24.3 Å². The SMILES string of the molecule is CCOC(=O)c1c(NC(=O)c2sc3ccccc3c2Cl)sc(C(=O)N(C)C)c1C. The summed E-state index contributed by atoms with van der Waals surface area (Å²) in [6, 6.07) is 7.45. The summed E-state index contributed by atoms with van der Waals surface area (Å²) in [5, 5.41) is 4.18. The fourth-order valence-electron chi connectivity index (χ4n) is 2.78. The van der Waals surface area contributed by atoms with Gasteiger partial charge in [-0.05, 0) is 25.5 Å². The molecule has 2 amide bonds. The van der Waals surface area contributed by atoms with Gasteiger partial charge in [0.2, 0.25) is 0 Å². The van der Waals surface area contributed by atoms with E-state index in [1.54, 1.807) is 27.9 Å². The Morgan fingerprint density at radius 3 is 2.45 bits per heavy atom. The molecule has 29 heavy (non-hydrogen) atoms. The lowest BCUT2D eigenvalue weighted by atomic mass is 10.1. The van der Waals surface area contributed by atoms with E-state index in [-0.39, 0.29) is 23.1 Å². The van der Waals surface area contributed by atoms with Gasteiger partial charge in [-0.1, -0.05) is 29.8 Å². The molecule has 0 bridgehead atoms. The highest BCUT2D eigenvalue weighted by Crippen LogP contribution is 2.38. The summed E-state index contributed by atoms with van der Waals surface area (Å²) in [7, 11) is 3.25. The number of hydrogen-bond donors (Lipinski definition) is 1. The molecule has 2 aromatic heterocycles. The lowest BCUT2D eigenvalue weighted by molar-refractivity contribution is 0.0527. The number of rotatable bonds is 5. The Morgan fingerprint density at radius 2 is 1.83 bits per heavy atom. The highest BCUT2D eigenvalue weighted by molar-refractivity contribution is 7.22. The number of benzene rings is 1. The van der Waals surface area contributed by atoms with Gasteiger partial charge < -0.3 is 15.0 Å². The Bertz CT molecular complexity index is 1120. The maximum atomic E-state index is 12.9. The van der Waals surface area contributed by atoms with Crippen molar-refractivity contribution < 1.29 is 19.1 Å². The zero-order valence-corrected chi connectivity index (χ0v) is 18.7. The third kappa shape index (κ3) is 4.01. The van der Waals surface area contributed by atoms with Gasteiger partial charge in [0.1, 0.15) is 9.88 Å². The normalized spacial score (nSPS) is 10.8. The van der Waals surface area contributed by atoms with Crippen LogP contribution >= 0.6 is 34.3 Å². The van der Waals surface area contributed by atoms with Crippen LogP contribution in [0, 0.1) is 6.92 Å². The number of anilines is 1. The molecule has 1 N–H and O–H groups in total. The summed E-state index contributed by atoms with van der Waals surface area (Å²) in [5.74, 6) is -1.28. The van der Waals surface area contributed by atoms with E-state index < -0.39 is 11.9 Å². The summed E-state index contributed by atoms with van der Waals surface area (Å²) in [5.41, 5.74) is 0.664. The van der Waals surface area contributed by atoms with E-state index in [1.165, 1.54) is 16.2 Å². The van der Waals surface area contributed by atoms with Crippen molar-refractivity contribution in [3.8, 4) is 0 Å². The molecule has 152 valence electrons. The van der Waals surface area contributed by atoms with Crippen molar-refractivity contribution in [2.45, 2.75) is 13.8 Å². The summed E-state index contributed by atoms with van der Waals surface area (Å²) >= 11 is 8.72. The average Bonchev–Trinajstić information content (AvgIpc) is 3.18. The molecule has 6 nitrogen and oxygen atoms in total. The number of nitrogens with one attached hydrogen (secondary N) is 1. The molecular formula is C20H19ClN2O4S2. The standard InChI is InChI=1S/C20H19ClN2O4S2/c1-5-27-20(26)13-10(2)15(19(25)23(3)4)29-18(13)22-17(24)16-14(21)11-8-6-7-9-12(11)28-16/h6-9H,5H2,1-4H3,(H,22,24). The second-order valence-corrected chi connectivity index (χ2v) is 8.83. The van der Waals surface area contributed by atoms with E-state index in [4.69, 9.17) is 16.3 Å². The second kappa shape index (κ2) is 8.52. The van der Waals surface area contributed by atoms with Gasteiger partial charge in [-0.15, -0.1) is 22.7 Å². The largest absolute Gasteiger partial charge is 0.462 e. The van der Waals surface area contributed by atoms with Gasteiger partial charge in [-0.3, -0.25) is 9.59 Å². The van der Waals surface area contributed by atoms with Crippen LogP contribution in [0.4, 0.5) is 5.00 Å². The van der Waals surface area contributed by atoms with Gasteiger partial charge in [0.15, 0.2) is 0 Å². The minimum atomic E-state index is -0.586. The number of halogens is 1. The maximum absolute atomic E-state index is 12.9. The van der Waals surface area contributed by atoms with Crippen LogP contribution in [0.5, 0.6) is 0 Å². The number of esters is 1. The van der Waals surface area contributed by atoms with Crippen LogP contribution in [-0.4, -0.2) is 43.4 Å². The minimum absolute atomic E-state index is 0.181. The predicted octanol–water partition coefficient (Wildman–Crippen LogP) is 5.06. The molecule has 0 saturated carbocycles. The molecule has 2 heterocycles. The molecule has 0 aliphatic rings. The Kier molecular flexibility index (Phi) is 6.26. The summed E-state index contributed by atoms with van der Waals surface area (Å²) < 4.78 is 6.02. The number of carbonyl (C=O) groups excluding carboxylic acids is 3. The molecule has 3 rings (SSSR count). The third-order valence-corrected chi connectivity index (χ3v) is 7.06. The van der Waals surface area contributed by atoms with Crippen molar-refractivity contribution in [2.75, 3.05) is 26.0 Å². The first kappa shape index (κ1) is 21.3. The van der Waals surface area contributed by atoms with Gasteiger partial charge >= 0.3 is 5.97 Å². The Hall–Kier alpha value is -2.42. The van der Waals surface area contributed by atoms with Crippen molar-refractivity contribution >= 4 is 67.1 Å². The second-order valence-electron chi connectivity index (χ2n) is 6.38. The van der Waals surface area contributed by atoms with E-state index in [0.29, 0.717) is 20.3 Å². The molecule has 1 aromatic carbocycles. The van der Waals surface area contributed by atoms with Crippen LogP contribution in [0.3, 0.4) is 0 Å². The first-order valence-electron chi connectivity index (χ1n) is 8.76. The van der Waals surface area contributed by atoms with E-state index in [0.717, 1.165) is 21.4 Å². The number of ether oxygens (including phenoxy) is 1. The molecule has 0 radical (unpaired) electrons. The van der Waals surface area contributed by atoms with Gasteiger partial charge in [0.25, 0.3) is 11.8 Å². The molecular weight excluding hydrogens is 432 g/mol. The first-order chi connectivity index (χ1) is 13.8. The summed E-state index contributed by atoms with van der Waals surface area (Å²) in [6.45, 7) is 3.54. The number of amides is 2. The first-order valence-corrected chi connectivity index (χ1v) is 10.8. The average molecular weight is 451 g/mol. The minimum Gasteiger partial charge on any atom is -0.462 e. The van der Waals surface area contributed by atoms with Crippen molar-refractivity contribution in [2.24, 2.45) is 0 Å². The van der Waals surface area contributed by atoms with Gasteiger partial charge in [0, 0.05) is 24.2 Å². The molecule has 0 spiro atoms. The van der Waals surface area contributed by atoms with Crippen LogP contribution in [-0.2, 0) is 4.74 Å². The molecule has 0 unspecified atom stereocenters. The molecule has 9 heteroatoms. The molecule has 0 aliphatic heterocycles. The highest BCUT2D eigenvalue weighted by Gasteiger charge is 2.28. The smallest absolute Gasteiger partial charge is 0.341 e. The van der Waals surface area contributed by atoms with Crippen LogP contribution < -0.4 is 5.32 Å². The number of carbonyl (C=O) groups is 3. The zero-order valence-electron chi connectivity index (χ0n) is 16.3. The van der Waals surface area contributed by atoms with Crippen LogP contribution in [0.1, 0.15) is 42.2 Å². The fraction of sp³-hybridized carbons (Fsp3) is 0.250. The van der Waals surface area contributed by atoms with Crippen molar-refractivity contribution in [1.29, 1.82) is 0 Å². The molecule has 0 saturated heterocycles. The van der Waals surface area contributed by atoms with Crippen LogP contribution in [0.25, 0.3) is 10.1 Å². The number of nitrogens with zero attached hydrogens (tertiary/aromatic N) is 1. The number of fused-ring (bicyclic) bond motifs is 1. The highest BCUT2D eigenvalue weighted by atomic mass is 35.5. The lowest BCUT2D eigenvalue weighted by Crippen LogP contribution is -2.21. The van der Waals surface area contributed by atoms with Crippen molar-refractivity contribution in [3.05, 3.63) is 50.2 Å². The van der Waals surface area contributed by atoms with Crippen molar-refractivity contribution in [3.63, 3.8) is 0 Å². The predicted molar refractivity (Wildman–Crippen MR) is 118 cm³/mol. The molecule has 0 fully saturated rings. The molecule has 0 atom stereocenters. The van der Waals surface area contributed by atoms with E-state index in [1.807, 2.05) is 24.3 Å². The van der Waals surface area contributed by atoms with E-state index in [9.17, 15) is 14.4 Å². The molecule has 3 aromatic rings. The van der Waals surface area contributed by atoms with E-state index in [2.05, 4.69) is 5.32 Å². The fourth-order valence-corrected chi connectivity index (χ4v) is 5.40. The summed E-state index contributed by atoms with van der Waals surface area (Å²) in [6.07, 6.45) is 0. The number of hydrogen-bond acceptors (Lipinski definition) is 6. The summed E-state index contributed by atoms with van der Waals surface area (Å²) in [4.78, 5) is 40.1.